The molecule has 0 bridgehead atoms. The Kier molecular flexibility index (Phi) is 4.06. The van der Waals surface area contributed by atoms with Gasteiger partial charge in [-0.15, -0.1) is 0 Å². The molecule has 0 atom stereocenters. The van der Waals surface area contributed by atoms with Crippen LogP contribution in [-0.2, 0) is 6.42 Å². The Bertz CT molecular complexity index is 698. The number of hydrogen-bond donors (Lipinski definition) is 1. The Balaban J connectivity index is 1.76. The summed E-state index contributed by atoms with van der Waals surface area (Å²) in [4.78, 5) is 4.38. The number of nitrogens with two attached hydrogens (primary N) is 1. The summed E-state index contributed by atoms with van der Waals surface area (Å²) in [7, 11) is 1.53. The Labute approximate surface area is 129 Å². The van der Waals surface area contributed by atoms with Crippen molar-refractivity contribution in [1.82, 2.24) is 5.01 Å². The molecule has 4 nitrogen and oxygen atoms in total. The zero-order chi connectivity index (χ0) is 15.5. The maximum atomic E-state index is 14.0. The second-order valence-electron chi connectivity index (χ2n) is 5.23. The third-order valence-electron chi connectivity index (χ3n) is 3.74. The number of amidine groups is 1. The van der Waals surface area contributed by atoms with Crippen molar-refractivity contribution in [3.8, 4) is 5.75 Å². The van der Waals surface area contributed by atoms with E-state index < -0.39 is 0 Å². The Hall–Kier alpha value is -2.40. The summed E-state index contributed by atoms with van der Waals surface area (Å²) in [6.07, 6.45) is 0.537. The monoisotopic (exact) mass is 299 g/mol. The van der Waals surface area contributed by atoms with E-state index in [-0.39, 0.29) is 5.82 Å². The van der Waals surface area contributed by atoms with Gasteiger partial charge in [0.2, 0.25) is 0 Å². The summed E-state index contributed by atoms with van der Waals surface area (Å²) in [6, 6.07) is 12.8. The zero-order valence-corrected chi connectivity index (χ0v) is 12.4. The molecule has 2 N–H and O–H groups in total. The highest BCUT2D eigenvalue weighted by Crippen LogP contribution is 2.20. The molecule has 1 aliphatic rings. The van der Waals surface area contributed by atoms with Crippen LogP contribution < -0.4 is 10.6 Å². The molecule has 2 aromatic rings. The lowest BCUT2D eigenvalue weighted by Crippen LogP contribution is -2.34. The van der Waals surface area contributed by atoms with Gasteiger partial charge in [-0.05, 0) is 17.2 Å². The van der Waals surface area contributed by atoms with Crippen LogP contribution in [0.2, 0.25) is 0 Å². The van der Waals surface area contributed by atoms with Crippen LogP contribution >= 0.6 is 0 Å². The van der Waals surface area contributed by atoms with Gasteiger partial charge in [-0.1, -0.05) is 30.3 Å². The van der Waals surface area contributed by atoms with Gasteiger partial charge in [-0.25, -0.2) is 10.2 Å². The normalized spacial score (nSPS) is 14.1. The summed E-state index contributed by atoms with van der Waals surface area (Å²) in [6.45, 7) is 1.47. The van der Waals surface area contributed by atoms with E-state index in [1.165, 1.54) is 13.2 Å². The highest BCUT2D eigenvalue weighted by atomic mass is 19.1. The average molecular weight is 299 g/mol. The van der Waals surface area contributed by atoms with Crippen LogP contribution in [0.3, 0.4) is 0 Å². The van der Waals surface area contributed by atoms with Gasteiger partial charge in [-0.2, -0.15) is 0 Å². The van der Waals surface area contributed by atoms with Crippen molar-refractivity contribution in [2.24, 2.45) is 10.8 Å². The number of hydrogen-bond acceptors (Lipinski definition) is 4. The van der Waals surface area contributed by atoms with Crippen molar-refractivity contribution < 1.29 is 9.13 Å². The van der Waals surface area contributed by atoms with Gasteiger partial charge in [0, 0.05) is 18.1 Å². The Morgan fingerprint density at radius 2 is 2.00 bits per heavy atom. The first kappa shape index (κ1) is 14.5. The second-order valence-corrected chi connectivity index (χ2v) is 5.23. The molecule has 1 heterocycles. The van der Waals surface area contributed by atoms with Gasteiger partial charge in [0.15, 0.2) is 0 Å². The zero-order valence-electron chi connectivity index (χ0n) is 12.4. The third-order valence-corrected chi connectivity index (χ3v) is 3.74. The van der Waals surface area contributed by atoms with Gasteiger partial charge >= 0.3 is 0 Å². The van der Waals surface area contributed by atoms with Crippen LogP contribution in [0.15, 0.2) is 47.5 Å². The third kappa shape index (κ3) is 2.94. The fourth-order valence-electron chi connectivity index (χ4n) is 2.51. The fraction of sp³-hybridized carbons (Fsp3) is 0.235. The predicted molar refractivity (Wildman–Crippen MR) is 84.5 cm³/mol. The van der Waals surface area contributed by atoms with Crippen molar-refractivity contribution in [2.45, 2.75) is 6.42 Å². The maximum Gasteiger partial charge on any atom is 0.145 e. The largest absolute Gasteiger partial charge is 0.497 e. The van der Waals surface area contributed by atoms with Crippen molar-refractivity contribution in [1.29, 1.82) is 0 Å². The quantitative estimate of drug-likeness (QED) is 0.882. The molecule has 0 spiro atoms. The number of ether oxygens (including phenoxy) is 1. The molecule has 2 aromatic carbocycles. The number of aliphatic imine (C=N–C) groups is 1. The van der Waals surface area contributed by atoms with Crippen LogP contribution in [0, 0.1) is 5.82 Å². The fourth-order valence-corrected chi connectivity index (χ4v) is 2.51. The molecular weight excluding hydrogens is 281 g/mol. The second kappa shape index (κ2) is 6.15. The van der Waals surface area contributed by atoms with Crippen LogP contribution in [0.5, 0.6) is 5.75 Å². The lowest BCUT2D eigenvalue weighted by atomic mass is 10.0. The molecule has 0 aromatic heterocycles. The molecular formula is C17H18FN3O. The van der Waals surface area contributed by atoms with Crippen LogP contribution in [-0.4, -0.2) is 31.0 Å². The number of hydrazine groups is 1. The van der Waals surface area contributed by atoms with Crippen molar-refractivity contribution >= 4 is 5.84 Å². The Morgan fingerprint density at radius 3 is 2.59 bits per heavy atom. The van der Waals surface area contributed by atoms with E-state index in [9.17, 15) is 4.39 Å². The highest BCUT2D eigenvalue weighted by molar-refractivity contribution is 5.99. The molecule has 0 fully saturated rings. The van der Waals surface area contributed by atoms with E-state index in [0.29, 0.717) is 17.7 Å². The van der Waals surface area contributed by atoms with E-state index in [4.69, 9.17) is 10.6 Å². The number of methoxy groups -OCH3 is 1. The topological polar surface area (TPSA) is 50.8 Å². The van der Waals surface area contributed by atoms with E-state index in [2.05, 4.69) is 4.99 Å². The lowest BCUT2D eigenvalue weighted by molar-refractivity contribution is 0.411. The molecule has 1 aliphatic heterocycles. The summed E-state index contributed by atoms with van der Waals surface area (Å²) < 4.78 is 19.0. The molecule has 0 saturated heterocycles. The van der Waals surface area contributed by atoms with Crippen molar-refractivity contribution in [3.63, 3.8) is 0 Å². The minimum atomic E-state index is -0.253. The minimum absolute atomic E-state index is 0.253. The van der Waals surface area contributed by atoms with Crippen LogP contribution in [0.4, 0.5) is 4.39 Å². The molecule has 22 heavy (non-hydrogen) atoms. The number of rotatable bonds is 4. The van der Waals surface area contributed by atoms with Crippen LogP contribution in [0.1, 0.15) is 16.7 Å². The first-order chi connectivity index (χ1) is 10.7. The molecule has 0 aliphatic carbocycles. The van der Waals surface area contributed by atoms with Gasteiger partial charge < -0.3 is 4.74 Å². The van der Waals surface area contributed by atoms with Gasteiger partial charge in [0.1, 0.15) is 17.4 Å². The maximum absolute atomic E-state index is 14.0. The van der Waals surface area contributed by atoms with E-state index in [1.807, 2.05) is 24.3 Å². The SMILES string of the molecule is COc1ccc(Cc2ccc(C3=NCCN3N)cc2)c(F)c1. The van der Waals surface area contributed by atoms with Gasteiger partial charge in [0.25, 0.3) is 0 Å². The number of halogens is 1. The van der Waals surface area contributed by atoms with Crippen LogP contribution in [0.25, 0.3) is 0 Å². The highest BCUT2D eigenvalue weighted by Gasteiger charge is 2.15. The van der Waals surface area contributed by atoms with Gasteiger partial charge in [0.05, 0.1) is 20.2 Å². The summed E-state index contributed by atoms with van der Waals surface area (Å²) in [5.74, 6) is 6.94. The molecule has 0 saturated carbocycles. The summed E-state index contributed by atoms with van der Waals surface area (Å²) in [5.41, 5.74) is 2.67. The lowest BCUT2D eigenvalue weighted by Gasteiger charge is -2.13. The van der Waals surface area contributed by atoms with Crippen molar-refractivity contribution in [3.05, 3.63) is 65.0 Å². The van der Waals surface area contributed by atoms with E-state index in [0.717, 1.165) is 30.1 Å². The number of benzene rings is 2. The number of nitrogens with zero attached hydrogens (tertiary/aromatic N) is 2. The first-order valence-electron chi connectivity index (χ1n) is 7.16. The van der Waals surface area contributed by atoms with Crippen molar-refractivity contribution in [2.75, 3.05) is 20.2 Å². The molecule has 114 valence electrons. The average Bonchev–Trinajstić information content (AvgIpc) is 2.96. The molecule has 0 radical (unpaired) electrons. The van der Waals surface area contributed by atoms with Gasteiger partial charge in [-0.3, -0.25) is 10.0 Å². The minimum Gasteiger partial charge on any atom is -0.497 e. The molecule has 0 unspecified atom stereocenters. The Morgan fingerprint density at radius 1 is 1.23 bits per heavy atom. The smallest absolute Gasteiger partial charge is 0.145 e. The summed E-state index contributed by atoms with van der Waals surface area (Å²) >= 11 is 0. The standard InChI is InChI=1S/C17H18FN3O/c1-22-15-7-6-14(16(18)11-15)10-12-2-4-13(5-3-12)17-20-8-9-21(17)19/h2-7,11H,8-10,19H2,1H3. The first-order valence-corrected chi connectivity index (χ1v) is 7.16. The van der Waals surface area contributed by atoms with E-state index in [1.54, 1.807) is 17.1 Å². The van der Waals surface area contributed by atoms with E-state index >= 15 is 0 Å². The molecule has 3 rings (SSSR count). The molecule has 5 heteroatoms. The predicted octanol–water partition coefficient (Wildman–Crippen LogP) is 2.36. The molecule has 0 amide bonds. The summed E-state index contributed by atoms with van der Waals surface area (Å²) in [5, 5.41) is 1.65.